The number of fused-ring (bicyclic) bond motifs is 1. The Kier molecular flexibility index (Phi) is 6.90. The van der Waals surface area contributed by atoms with Gasteiger partial charge in [0, 0.05) is 35.6 Å². The molecule has 0 spiro atoms. The van der Waals surface area contributed by atoms with E-state index in [1.54, 1.807) is 12.4 Å². The van der Waals surface area contributed by atoms with Crippen molar-refractivity contribution in [2.24, 2.45) is 0 Å². The Balaban J connectivity index is 1.57. The fourth-order valence-corrected chi connectivity index (χ4v) is 3.72. The Hall–Kier alpha value is -4.25. The summed E-state index contributed by atoms with van der Waals surface area (Å²) in [6, 6.07) is 25.1. The molecule has 5 nitrogen and oxygen atoms in total. The lowest BCUT2D eigenvalue weighted by Crippen LogP contribution is -2.11. The Morgan fingerprint density at radius 2 is 1.67 bits per heavy atom. The number of hydrogen-bond donors (Lipinski definition) is 2. The highest BCUT2D eigenvalue weighted by molar-refractivity contribution is 6.06. The van der Waals surface area contributed by atoms with E-state index >= 15 is 0 Å². The fourth-order valence-electron chi connectivity index (χ4n) is 3.72. The van der Waals surface area contributed by atoms with E-state index in [1.165, 1.54) is 0 Å². The lowest BCUT2D eigenvalue weighted by Gasteiger charge is -2.12. The van der Waals surface area contributed by atoms with Crippen LogP contribution in [0.15, 0.2) is 97.3 Å². The van der Waals surface area contributed by atoms with E-state index in [-0.39, 0.29) is 12.3 Å². The number of carbonyl (C=O) groups is 2. The molecular weight excluding hydrogens is 412 g/mol. The van der Waals surface area contributed by atoms with Crippen molar-refractivity contribution in [2.75, 3.05) is 5.32 Å². The minimum Gasteiger partial charge on any atom is -0.481 e. The molecule has 33 heavy (non-hydrogen) atoms. The summed E-state index contributed by atoms with van der Waals surface area (Å²) in [5.41, 5.74) is 4.09. The number of benzene rings is 3. The van der Waals surface area contributed by atoms with Crippen LogP contribution in [0.3, 0.4) is 0 Å². The van der Waals surface area contributed by atoms with Crippen molar-refractivity contribution < 1.29 is 14.7 Å². The number of allylic oxidation sites excluding steroid dienone is 1. The maximum Gasteiger partial charge on any atom is 0.303 e. The molecule has 2 N–H and O–H groups in total. The zero-order chi connectivity index (χ0) is 23.0. The number of aliphatic carboxylic acids is 1. The van der Waals surface area contributed by atoms with Crippen molar-refractivity contribution in [3.63, 3.8) is 0 Å². The average Bonchev–Trinajstić information content (AvgIpc) is 2.84. The summed E-state index contributed by atoms with van der Waals surface area (Å²) in [5.74, 6) is -0.976. The molecule has 0 saturated heterocycles. The first kappa shape index (κ1) is 22.0. The number of anilines is 1. The number of aromatic nitrogens is 1. The molecule has 0 aliphatic rings. The van der Waals surface area contributed by atoms with Gasteiger partial charge in [0.2, 0.25) is 0 Å². The first-order valence-electron chi connectivity index (χ1n) is 10.8. The third kappa shape index (κ3) is 5.71. The van der Waals surface area contributed by atoms with Crippen molar-refractivity contribution in [1.82, 2.24) is 4.98 Å². The van der Waals surface area contributed by atoms with Gasteiger partial charge < -0.3 is 10.4 Å². The molecule has 0 aliphatic heterocycles. The quantitative estimate of drug-likeness (QED) is 0.324. The molecule has 5 heteroatoms. The van der Waals surface area contributed by atoms with Crippen LogP contribution in [0.4, 0.5) is 5.69 Å². The smallest absolute Gasteiger partial charge is 0.303 e. The zero-order valence-corrected chi connectivity index (χ0v) is 18.1. The van der Waals surface area contributed by atoms with E-state index in [0.717, 1.165) is 27.5 Å². The molecule has 4 rings (SSSR count). The monoisotopic (exact) mass is 436 g/mol. The van der Waals surface area contributed by atoms with Gasteiger partial charge in [0.05, 0.1) is 0 Å². The average molecular weight is 437 g/mol. The minimum absolute atomic E-state index is 0.124. The first-order chi connectivity index (χ1) is 16.1. The summed E-state index contributed by atoms with van der Waals surface area (Å²) < 4.78 is 0. The van der Waals surface area contributed by atoms with E-state index in [4.69, 9.17) is 5.11 Å². The summed E-state index contributed by atoms with van der Waals surface area (Å²) in [5, 5.41) is 14.0. The SMILES string of the molecule is O=C(O)CCCC=C(c1cccnc1)c1cccc(NC(=O)c2ccc3ccccc3c2)c1. The second-order valence-electron chi connectivity index (χ2n) is 7.74. The Labute approximate surface area is 192 Å². The third-order valence-electron chi connectivity index (χ3n) is 5.36. The van der Waals surface area contributed by atoms with Crippen LogP contribution in [-0.4, -0.2) is 22.0 Å². The highest BCUT2D eigenvalue weighted by Gasteiger charge is 2.10. The molecule has 0 atom stereocenters. The van der Waals surface area contributed by atoms with Gasteiger partial charge in [-0.3, -0.25) is 14.6 Å². The van der Waals surface area contributed by atoms with E-state index in [2.05, 4.69) is 10.3 Å². The largest absolute Gasteiger partial charge is 0.481 e. The van der Waals surface area contributed by atoms with Gasteiger partial charge in [0.25, 0.3) is 5.91 Å². The van der Waals surface area contributed by atoms with Gasteiger partial charge >= 0.3 is 5.97 Å². The maximum atomic E-state index is 12.9. The number of hydrogen-bond acceptors (Lipinski definition) is 3. The molecule has 1 amide bonds. The molecule has 0 radical (unpaired) electrons. The molecule has 0 saturated carbocycles. The Morgan fingerprint density at radius 3 is 2.45 bits per heavy atom. The molecule has 3 aromatic carbocycles. The number of carbonyl (C=O) groups excluding carboxylic acids is 1. The van der Waals surface area contributed by atoms with E-state index in [1.807, 2.05) is 84.9 Å². The van der Waals surface area contributed by atoms with Gasteiger partial charge in [-0.05, 0) is 65.1 Å². The lowest BCUT2D eigenvalue weighted by molar-refractivity contribution is -0.137. The molecule has 0 bridgehead atoms. The summed E-state index contributed by atoms with van der Waals surface area (Å²) >= 11 is 0. The maximum absolute atomic E-state index is 12.9. The van der Waals surface area contributed by atoms with E-state index in [0.29, 0.717) is 24.1 Å². The van der Waals surface area contributed by atoms with Crippen LogP contribution in [0.1, 0.15) is 40.7 Å². The number of carboxylic acid groups (broad SMARTS) is 1. The second kappa shape index (κ2) is 10.4. The Morgan fingerprint density at radius 1 is 0.848 bits per heavy atom. The number of rotatable bonds is 8. The lowest BCUT2D eigenvalue weighted by atomic mass is 9.97. The van der Waals surface area contributed by atoms with Gasteiger partial charge in [0.15, 0.2) is 0 Å². The van der Waals surface area contributed by atoms with E-state index < -0.39 is 5.97 Å². The van der Waals surface area contributed by atoms with Gasteiger partial charge in [-0.1, -0.05) is 54.6 Å². The predicted molar refractivity (Wildman–Crippen MR) is 131 cm³/mol. The van der Waals surface area contributed by atoms with Crippen molar-refractivity contribution in [2.45, 2.75) is 19.3 Å². The Bertz CT molecular complexity index is 1310. The van der Waals surface area contributed by atoms with Crippen LogP contribution < -0.4 is 5.32 Å². The summed E-state index contributed by atoms with van der Waals surface area (Å²) in [6.07, 6.45) is 6.83. The molecule has 0 fully saturated rings. The number of unbranched alkanes of at least 4 members (excludes halogenated alkanes) is 1. The van der Waals surface area contributed by atoms with Gasteiger partial charge in [0.1, 0.15) is 0 Å². The molecule has 164 valence electrons. The molecule has 1 aromatic heterocycles. The first-order valence-corrected chi connectivity index (χ1v) is 10.8. The molecule has 4 aromatic rings. The highest BCUT2D eigenvalue weighted by atomic mass is 16.4. The molecular formula is C28H24N2O3. The van der Waals surface area contributed by atoms with Crippen LogP contribution in [-0.2, 0) is 4.79 Å². The second-order valence-corrected chi connectivity index (χ2v) is 7.74. The van der Waals surface area contributed by atoms with Crippen LogP contribution in [0, 0.1) is 0 Å². The zero-order valence-electron chi connectivity index (χ0n) is 18.1. The fraction of sp³-hybridized carbons (Fsp3) is 0.107. The number of nitrogens with zero attached hydrogens (tertiary/aromatic N) is 1. The normalized spacial score (nSPS) is 11.3. The van der Waals surface area contributed by atoms with Crippen LogP contribution in [0.2, 0.25) is 0 Å². The standard InChI is InChI=1S/C28H24N2O3/c31-27(32)13-4-3-12-26(24-10-6-16-29-19-24)22-9-5-11-25(18-22)30-28(33)23-15-14-20-7-1-2-8-21(20)17-23/h1-2,5-12,14-19H,3-4,13H2,(H,30,33)(H,31,32). The molecule has 0 unspecified atom stereocenters. The number of nitrogens with one attached hydrogen (secondary N) is 1. The minimum atomic E-state index is -0.801. The topological polar surface area (TPSA) is 79.3 Å². The van der Waals surface area contributed by atoms with Gasteiger partial charge in [-0.2, -0.15) is 0 Å². The predicted octanol–water partition coefficient (Wildman–Crippen LogP) is 6.17. The van der Waals surface area contributed by atoms with Crippen molar-refractivity contribution in [3.05, 3.63) is 114 Å². The number of pyridine rings is 1. The third-order valence-corrected chi connectivity index (χ3v) is 5.36. The van der Waals surface area contributed by atoms with Crippen LogP contribution >= 0.6 is 0 Å². The van der Waals surface area contributed by atoms with Gasteiger partial charge in [-0.15, -0.1) is 0 Å². The summed E-state index contributed by atoms with van der Waals surface area (Å²) in [6.45, 7) is 0. The van der Waals surface area contributed by atoms with Crippen molar-refractivity contribution >= 4 is 33.9 Å². The molecule has 0 aliphatic carbocycles. The van der Waals surface area contributed by atoms with E-state index in [9.17, 15) is 9.59 Å². The summed E-state index contributed by atoms with van der Waals surface area (Å²) in [4.78, 5) is 28.0. The highest BCUT2D eigenvalue weighted by Crippen LogP contribution is 2.26. The van der Waals surface area contributed by atoms with Crippen molar-refractivity contribution in [3.8, 4) is 0 Å². The summed E-state index contributed by atoms with van der Waals surface area (Å²) in [7, 11) is 0. The van der Waals surface area contributed by atoms with Crippen LogP contribution in [0.25, 0.3) is 16.3 Å². The van der Waals surface area contributed by atoms with Crippen LogP contribution in [0.5, 0.6) is 0 Å². The van der Waals surface area contributed by atoms with Crippen molar-refractivity contribution in [1.29, 1.82) is 0 Å². The number of carboxylic acids is 1. The molecule has 1 heterocycles. The van der Waals surface area contributed by atoms with Gasteiger partial charge in [-0.25, -0.2) is 0 Å². The number of amides is 1.